The molecule has 0 aromatic carbocycles. The van der Waals surface area contributed by atoms with Crippen molar-refractivity contribution < 1.29 is 19.7 Å². The number of aliphatic hydroxyl groups is 2. The molecular formula is C14H23N3O4. The average molecular weight is 297 g/mol. The Kier molecular flexibility index (Phi) is 5.33. The van der Waals surface area contributed by atoms with Crippen molar-refractivity contribution in [3.63, 3.8) is 0 Å². The smallest absolute Gasteiger partial charge is 0.222 e. The van der Waals surface area contributed by atoms with Crippen LogP contribution in [0.25, 0.3) is 0 Å². The highest BCUT2D eigenvalue weighted by molar-refractivity contribution is 5.76. The van der Waals surface area contributed by atoms with Crippen LogP contribution in [-0.4, -0.2) is 57.1 Å². The summed E-state index contributed by atoms with van der Waals surface area (Å²) in [5, 5.41) is 22.0. The Bertz CT molecular complexity index is 475. The minimum atomic E-state index is -0.984. The number of aliphatic hydroxyl groups excluding tert-OH is 2. The quantitative estimate of drug-likeness (QED) is 0.689. The van der Waals surface area contributed by atoms with Crippen molar-refractivity contribution in [1.29, 1.82) is 0 Å². The molecule has 0 aliphatic carbocycles. The third-order valence-corrected chi connectivity index (χ3v) is 3.58. The van der Waals surface area contributed by atoms with Crippen molar-refractivity contribution in [2.45, 2.75) is 51.0 Å². The fourth-order valence-electron chi connectivity index (χ4n) is 2.42. The standard InChI is InChI=1S/C14H23N3O4/c1-9(2)14-15-4-6-17(14)5-3-12(19)16-10-7-21-8-11(18)13(10)20/h4,6,9-11,13,18,20H,3,5,7-8H2,1-2H3,(H,16,19)/t10-,11-,13+/m1/s1. The first-order valence-corrected chi connectivity index (χ1v) is 7.23. The van der Waals surface area contributed by atoms with E-state index in [1.165, 1.54) is 0 Å². The number of nitrogens with zero attached hydrogens (tertiary/aromatic N) is 2. The van der Waals surface area contributed by atoms with Gasteiger partial charge in [0.05, 0.1) is 19.3 Å². The van der Waals surface area contributed by atoms with Crippen molar-refractivity contribution in [3.8, 4) is 0 Å². The lowest BCUT2D eigenvalue weighted by molar-refractivity contribution is -0.131. The summed E-state index contributed by atoms with van der Waals surface area (Å²) in [4.78, 5) is 16.2. The molecule has 21 heavy (non-hydrogen) atoms. The number of amides is 1. The number of carbonyl (C=O) groups excluding carboxylic acids is 1. The third kappa shape index (κ3) is 4.03. The maximum Gasteiger partial charge on any atom is 0.222 e. The SMILES string of the molecule is CC(C)c1nccn1CCC(=O)N[C@@H]1COC[C@@H](O)[C@H]1O. The first-order valence-electron chi connectivity index (χ1n) is 7.23. The number of ether oxygens (including phenoxy) is 1. The zero-order chi connectivity index (χ0) is 15.4. The molecule has 118 valence electrons. The normalized spacial score (nSPS) is 26.0. The fraction of sp³-hybridized carbons (Fsp3) is 0.714. The zero-order valence-corrected chi connectivity index (χ0v) is 12.4. The second-order valence-electron chi connectivity index (χ2n) is 5.65. The molecule has 3 N–H and O–H groups in total. The molecule has 1 aromatic heterocycles. The van der Waals surface area contributed by atoms with Crippen molar-refractivity contribution in [2.24, 2.45) is 0 Å². The number of aromatic nitrogens is 2. The van der Waals surface area contributed by atoms with Crippen LogP contribution in [0.1, 0.15) is 32.0 Å². The molecule has 3 atom stereocenters. The topological polar surface area (TPSA) is 96.6 Å². The molecule has 0 saturated carbocycles. The number of hydrogen-bond donors (Lipinski definition) is 3. The van der Waals surface area contributed by atoms with Crippen LogP contribution < -0.4 is 5.32 Å². The van der Waals surface area contributed by atoms with Crippen LogP contribution in [0.15, 0.2) is 12.4 Å². The van der Waals surface area contributed by atoms with Gasteiger partial charge in [-0.25, -0.2) is 4.98 Å². The summed E-state index contributed by atoms with van der Waals surface area (Å²) in [7, 11) is 0. The Morgan fingerprint density at radius 1 is 1.52 bits per heavy atom. The Morgan fingerprint density at radius 3 is 3.00 bits per heavy atom. The highest BCUT2D eigenvalue weighted by atomic mass is 16.5. The van der Waals surface area contributed by atoms with Crippen LogP contribution in [0.3, 0.4) is 0 Å². The number of aryl methyl sites for hydroxylation is 1. The summed E-state index contributed by atoms with van der Waals surface area (Å²) in [6, 6.07) is -0.561. The van der Waals surface area contributed by atoms with Gasteiger partial charge in [-0.3, -0.25) is 4.79 Å². The number of rotatable bonds is 5. The van der Waals surface area contributed by atoms with E-state index in [-0.39, 0.29) is 25.5 Å². The van der Waals surface area contributed by atoms with E-state index in [9.17, 15) is 15.0 Å². The molecule has 1 aliphatic rings. The molecule has 1 saturated heterocycles. The molecule has 0 radical (unpaired) electrons. The van der Waals surface area contributed by atoms with Gasteiger partial charge in [0.15, 0.2) is 0 Å². The number of imidazole rings is 1. The van der Waals surface area contributed by atoms with E-state index in [4.69, 9.17) is 4.74 Å². The molecule has 0 unspecified atom stereocenters. The van der Waals surface area contributed by atoms with Crippen LogP contribution in [-0.2, 0) is 16.1 Å². The Balaban J connectivity index is 1.83. The van der Waals surface area contributed by atoms with E-state index in [0.717, 1.165) is 5.82 Å². The minimum Gasteiger partial charge on any atom is -0.388 e. The number of carbonyl (C=O) groups is 1. The van der Waals surface area contributed by atoms with Crippen LogP contribution in [0, 0.1) is 0 Å². The van der Waals surface area contributed by atoms with Crippen molar-refractivity contribution >= 4 is 5.91 Å². The summed E-state index contributed by atoms with van der Waals surface area (Å²) in [6.07, 6.45) is 1.93. The molecule has 2 rings (SSSR count). The Labute approximate surface area is 123 Å². The van der Waals surface area contributed by atoms with Gasteiger partial charge in [-0.1, -0.05) is 13.8 Å². The fourth-order valence-corrected chi connectivity index (χ4v) is 2.42. The molecule has 0 bridgehead atoms. The molecule has 1 amide bonds. The monoisotopic (exact) mass is 297 g/mol. The summed E-state index contributed by atoms with van der Waals surface area (Å²) in [5.74, 6) is 1.06. The van der Waals surface area contributed by atoms with Gasteiger partial charge in [0, 0.05) is 31.3 Å². The number of nitrogens with one attached hydrogen (secondary N) is 1. The molecule has 7 nitrogen and oxygen atoms in total. The number of hydrogen-bond acceptors (Lipinski definition) is 5. The highest BCUT2D eigenvalue weighted by Crippen LogP contribution is 2.12. The van der Waals surface area contributed by atoms with Gasteiger partial charge in [-0.05, 0) is 0 Å². The second kappa shape index (κ2) is 7.02. The van der Waals surface area contributed by atoms with Crippen molar-refractivity contribution in [2.75, 3.05) is 13.2 Å². The largest absolute Gasteiger partial charge is 0.388 e. The molecular weight excluding hydrogens is 274 g/mol. The lowest BCUT2D eigenvalue weighted by atomic mass is 10.0. The predicted octanol–water partition coefficient (Wildman–Crippen LogP) is -0.367. The van der Waals surface area contributed by atoms with Gasteiger partial charge in [0.1, 0.15) is 18.0 Å². The van der Waals surface area contributed by atoms with Crippen LogP contribution in [0.5, 0.6) is 0 Å². The Morgan fingerprint density at radius 2 is 2.29 bits per heavy atom. The first-order chi connectivity index (χ1) is 9.99. The molecule has 1 aromatic rings. The van der Waals surface area contributed by atoms with Crippen molar-refractivity contribution in [1.82, 2.24) is 14.9 Å². The van der Waals surface area contributed by atoms with Crippen LogP contribution in [0.2, 0.25) is 0 Å². The first kappa shape index (κ1) is 15.9. The van der Waals surface area contributed by atoms with Gasteiger partial charge in [-0.2, -0.15) is 0 Å². The maximum atomic E-state index is 11.9. The van der Waals surface area contributed by atoms with Gasteiger partial charge in [-0.15, -0.1) is 0 Å². The van der Waals surface area contributed by atoms with E-state index >= 15 is 0 Å². The van der Waals surface area contributed by atoms with E-state index < -0.39 is 18.2 Å². The summed E-state index contributed by atoms with van der Waals surface area (Å²) in [5.41, 5.74) is 0. The highest BCUT2D eigenvalue weighted by Gasteiger charge is 2.32. The van der Waals surface area contributed by atoms with Crippen molar-refractivity contribution in [3.05, 3.63) is 18.2 Å². The summed E-state index contributed by atoms with van der Waals surface area (Å²) >= 11 is 0. The third-order valence-electron chi connectivity index (χ3n) is 3.58. The summed E-state index contributed by atoms with van der Waals surface area (Å²) in [6.45, 7) is 4.95. The lowest BCUT2D eigenvalue weighted by Crippen LogP contribution is -2.55. The maximum absolute atomic E-state index is 11.9. The molecule has 0 spiro atoms. The molecule has 1 aliphatic heterocycles. The molecule has 7 heteroatoms. The van der Waals surface area contributed by atoms with Crippen LogP contribution >= 0.6 is 0 Å². The van der Waals surface area contributed by atoms with E-state index in [0.29, 0.717) is 12.5 Å². The molecule has 1 fully saturated rings. The minimum absolute atomic E-state index is 0.0975. The zero-order valence-electron chi connectivity index (χ0n) is 12.4. The van der Waals surface area contributed by atoms with Gasteiger partial charge in [0.2, 0.25) is 5.91 Å². The van der Waals surface area contributed by atoms with E-state index in [2.05, 4.69) is 24.1 Å². The average Bonchev–Trinajstić information content (AvgIpc) is 2.90. The van der Waals surface area contributed by atoms with Gasteiger partial charge in [0.25, 0.3) is 0 Å². The van der Waals surface area contributed by atoms with E-state index in [1.54, 1.807) is 6.20 Å². The Hall–Kier alpha value is -1.44. The molecule has 2 heterocycles. The van der Waals surface area contributed by atoms with Gasteiger partial charge >= 0.3 is 0 Å². The van der Waals surface area contributed by atoms with Gasteiger partial charge < -0.3 is 24.8 Å². The summed E-state index contributed by atoms with van der Waals surface area (Å²) < 4.78 is 7.08. The van der Waals surface area contributed by atoms with E-state index in [1.807, 2.05) is 10.8 Å². The predicted molar refractivity (Wildman–Crippen MR) is 75.7 cm³/mol. The second-order valence-corrected chi connectivity index (χ2v) is 5.65. The lowest BCUT2D eigenvalue weighted by Gasteiger charge is -2.32. The van der Waals surface area contributed by atoms with Crippen LogP contribution in [0.4, 0.5) is 0 Å².